The monoisotopic (exact) mass is 200 g/mol. The maximum Gasteiger partial charge on any atom is 0.101 e. The molecule has 15 heavy (non-hydrogen) atoms. The molecule has 2 heteroatoms. The minimum Gasteiger partial charge on any atom is -0.383 e. The normalized spacial score (nSPS) is 10.2. The van der Waals surface area contributed by atoms with Crippen molar-refractivity contribution in [2.75, 3.05) is 11.9 Å². The van der Waals surface area contributed by atoms with E-state index >= 15 is 0 Å². The van der Waals surface area contributed by atoms with Gasteiger partial charge in [0.2, 0.25) is 0 Å². The lowest BCUT2D eigenvalue weighted by Crippen LogP contribution is -2.03. The quantitative estimate of drug-likeness (QED) is 0.598. The van der Waals surface area contributed by atoms with Crippen LogP contribution in [0.15, 0.2) is 30.4 Å². The highest BCUT2D eigenvalue weighted by Gasteiger charge is 2.02. The van der Waals surface area contributed by atoms with Gasteiger partial charge in [-0.1, -0.05) is 24.3 Å². The Morgan fingerprint density at radius 1 is 1.47 bits per heavy atom. The second-order valence-corrected chi connectivity index (χ2v) is 3.39. The van der Waals surface area contributed by atoms with E-state index in [9.17, 15) is 0 Å². The Bertz CT molecular complexity index is 386. The number of hydrogen-bond donors (Lipinski definition) is 1. The summed E-state index contributed by atoms with van der Waals surface area (Å²) < 4.78 is 0. The van der Waals surface area contributed by atoms with Crippen molar-refractivity contribution in [1.82, 2.24) is 0 Å². The lowest BCUT2D eigenvalue weighted by Gasteiger charge is -2.09. The zero-order valence-corrected chi connectivity index (χ0v) is 9.25. The van der Waals surface area contributed by atoms with Crippen LogP contribution in [0, 0.1) is 18.3 Å². The van der Waals surface area contributed by atoms with Crippen LogP contribution in [0.3, 0.4) is 0 Å². The van der Waals surface area contributed by atoms with Gasteiger partial charge >= 0.3 is 0 Å². The lowest BCUT2D eigenvalue weighted by atomic mass is 10.1. The molecule has 2 nitrogen and oxygen atoms in total. The molecule has 0 aliphatic heterocycles. The van der Waals surface area contributed by atoms with Crippen molar-refractivity contribution in [3.05, 3.63) is 41.5 Å². The van der Waals surface area contributed by atoms with Crippen LogP contribution < -0.4 is 5.32 Å². The van der Waals surface area contributed by atoms with Crippen molar-refractivity contribution in [3.8, 4) is 6.07 Å². The van der Waals surface area contributed by atoms with Crippen molar-refractivity contribution in [2.45, 2.75) is 20.3 Å². The minimum absolute atomic E-state index is 0.718. The first-order valence-electron chi connectivity index (χ1n) is 5.14. The summed E-state index contributed by atoms with van der Waals surface area (Å²) in [6.45, 7) is 4.89. The van der Waals surface area contributed by atoms with Crippen molar-refractivity contribution in [3.63, 3.8) is 0 Å². The van der Waals surface area contributed by atoms with Gasteiger partial charge in [-0.05, 0) is 31.9 Å². The Balaban J connectivity index is 2.71. The van der Waals surface area contributed by atoms with Crippen LogP contribution in [-0.4, -0.2) is 6.54 Å². The van der Waals surface area contributed by atoms with Crippen molar-refractivity contribution >= 4 is 5.69 Å². The summed E-state index contributed by atoms with van der Waals surface area (Å²) in [5, 5.41) is 12.2. The molecular formula is C13H16N2. The van der Waals surface area contributed by atoms with E-state index in [1.54, 1.807) is 0 Å². The number of aryl methyl sites for hydroxylation is 1. The zero-order chi connectivity index (χ0) is 11.1. The highest BCUT2D eigenvalue weighted by molar-refractivity contribution is 5.62. The SMILES string of the molecule is C/C=C/CCNc1c(C)cccc1C#N. The molecule has 0 atom stereocenters. The number of nitrogens with zero attached hydrogens (tertiary/aromatic N) is 1. The maximum atomic E-state index is 8.94. The topological polar surface area (TPSA) is 35.8 Å². The van der Waals surface area contributed by atoms with Crippen molar-refractivity contribution in [2.24, 2.45) is 0 Å². The summed E-state index contributed by atoms with van der Waals surface area (Å²) >= 11 is 0. The first-order chi connectivity index (χ1) is 7.29. The molecule has 0 spiro atoms. The number of anilines is 1. The van der Waals surface area contributed by atoms with Crippen molar-refractivity contribution < 1.29 is 0 Å². The Morgan fingerprint density at radius 2 is 2.27 bits per heavy atom. The van der Waals surface area contributed by atoms with E-state index in [4.69, 9.17) is 5.26 Å². The van der Waals surface area contributed by atoms with E-state index in [2.05, 4.69) is 17.5 Å². The van der Waals surface area contributed by atoms with E-state index in [0.29, 0.717) is 0 Å². The number of para-hydroxylation sites is 1. The molecule has 1 aromatic rings. The number of nitrogens with one attached hydrogen (secondary N) is 1. The van der Waals surface area contributed by atoms with Gasteiger partial charge in [0, 0.05) is 6.54 Å². The first kappa shape index (κ1) is 11.3. The molecule has 1 aromatic carbocycles. The third-order valence-corrected chi connectivity index (χ3v) is 2.24. The number of benzene rings is 1. The first-order valence-corrected chi connectivity index (χ1v) is 5.14. The molecular weight excluding hydrogens is 184 g/mol. The van der Waals surface area contributed by atoms with Gasteiger partial charge in [-0.3, -0.25) is 0 Å². The highest BCUT2D eigenvalue weighted by Crippen LogP contribution is 2.19. The molecule has 1 N–H and O–H groups in total. The van der Waals surface area contributed by atoms with Gasteiger partial charge in [0.1, 0.15) is 6.07 Å². The minimum atomic E-state index is 0.718. The molecule has 0 fully saturated rings. The summed E-state index contributed by atoms with van der Waals surface area (Å²) in [4.78, 5) is 0. The predicted octanol–water partition coefficient (Wildman–Crippen LogP) is 3.24. The summed E-state index contributed by atoms with van der Waals surface area (Å²) in [6, 6.07) is 7.96. The van der Waals surface area contributed by atoms with Crippen LogP contribution >= 0.6 is 0 Å². The number of rotatable bonds is 4. The molecule has 1 rings (SSSR count). The van der Waals surface area contributed by atoms with Crippen LogP contribution in [0.25, 0.3) is 0 Å². The van der Waals surface area contributed by atoms with Crippen LogP contribution in [0.2, 0.25) is 0 Å². The van der Waals surface area contributed by atoms with Crippen LogP contribution in [-0.2, 0) is 0 Å². The van der Waals surface area contributed by atoms with E-state index < -0.39 is 0 Å². The summed E-state index contributed by atoms with van der Waals surface area (Å²) in [7, 11) is 0. The second-order valence-electron chi connectivity index (χ2n) is 3.39. The van der Waals surface area contributed by atoms with Gasteiger partial charge in [-0.25, -0.2) is 0 Å². The highest BCUT2D eigenvalue weighted by atomic mass is 14.9. The molecule has 0 unspecified atom stereocenters. The second kappa shape index (κ2) is 5.87. The third-order valence-electron chi connectivity index (χ3n) is 2.24. The number of nitriles is 1. The van der Waals surface area contributed by atoms with Crippen LogP contribution in [0.4, 0.5) is 5.69 Å². The van der Waals surface area contributed by atoms with Crippen LogP contribution in [0.1, 0.15) is 24.5 Å². The Labute approximate surface area is 91.2 Å². The average Bonchev–Trinajstić information content (AvgIpc) is 2.26. The Morgan fingerprint density at radius 3 is 2.93 bits per heavy atom. The third kappa shape index (κ3) is 3.14. The Kier molecular flexibility index (Phi) is 4.43. The predicted molar refractivity (Wildman–Crippen MR) is 63.8 cm³/mol. The molecule has 78 valence electrons. The summed E-state index contributed by atoms with van der Waals surface area (Å²) in [5.41, 5.74) is 2.80. The van der Waals surface area contributed by atoms with Gasteiger partial charge in [0.15, 0.2) is 0 Å². The molecule has 0 saturated carbocycles. The maximum absolute atomic E-state index is 8.94. The smallest absolute Gasteiger partial charge is 0.101 e. The summed E-state index contributed by atoms with van der Waals surface area (Å²) in [5.74, 6) is 0. The summed E-state index contributed by atoms with van der Waals surface area (Å²) in [6.07, 6.45) is 5.12. The van der Waals surface area contributed by atoms with Gasteiger partial charge in [0.25, 0.3) is 0 Å². The molecule has 0 radical (unpaired) electrons. The zero-order valence-electron chi connectivity index (χ0n) is 9.25. The van der Waals surface area contributed by atoms with Gasteiger partial charge in [0.05, 0.1) is 11.3 Å². The van der Waals surface area contributed by atoms with Crippen LogP contribution in [0.5, 0.6) is 0 Å². The lowest BCUT2D eigenvalue weighted by molar-refractivity contribution is 1.06. The fourth-order valence-electron chi connectivity index (χ4n) is 1.44. The Hall–Kier alpha value is -1.75. The van der Waals surface area contributed by atoms with Gasteiger partial charge < -0.3 is 5.32 Å². The largest absolute Gasteiger partial charge is 0.383 e. The molecule has 0 saturated heterocycles. The molecule has 0 aliphatic carbocycles. The fraction of sp³-hybridized carbons (Fsp3) is 0.308. The standard InChI is InChI=1S/C13H16N2/c1-3-4-5-9-15-13-11(2)7-6-8-12(13)10-14/h3-4,6-8,15H,5,9H2,1-2H3/b4-3+. The van der Waals surface area contributed by atoms with Gasteiger partial charge in [-0.15, -0.1) is 0 Å². The molecule has 0 amide bonds. The number of allylic oxidation sites excluding steroid dienone is 1. The molecule has 0 heterocycles. The molecule has 0 bridgehead atoms. The van der Waals surface area contributed by atoms with E-state index in [-0.39, 0.29) is 0 Å². The van der Waals surface area contributed by atoms with E-state index in [1.165, 1.54) is 0 Å². The van der Waals surface area contributed by atoms with E-state index in [1.807, 2.05) is 38.1 Å². The fourth-order valence-corrected chi connectivity index (χ4v) is 1.44. The average molecular weight is 200 g/mol. The van der Waals surface area contributed by atoms with E-state index in [0.717, 1.165) is 29.8 Å². The molecule has 0 aromatic heterocycles. The van der Waals surface area contributed by atoms with Crippen molar-refractivity contribution in [1.29, 1.82) is 5.26 Å². The molecule has 0 aliphatic rings. The number of hydrogen-bond acceptors (Lipinski definition) is 2. The van der Waals surface area contributed by atoms with Gasteiger partial charge in [-0.2, -0.15) is 5.26 Å².